The summed E-state index contributed by atoms with van der Waals surface area (Å²) in [7, 11) is 0. The van der Waals surface area contributed by atoms with Crippen molar-refractivity contribution in [3.8, 4) is 0 Å². The van der Waals surface area contributed by atoms with E-state index in [0.29, 0.717) is 5.92 Å². The Hall–Kier alpha value is -1.44. The van der Waals surface area contributed by atoms with Gasteiger partial charge in [-0.05, 0) is 37.0 Å². The fourth-order valence-corrected chi connectivity index (χ4v) is 1.73. The highest BCUT2D eigenvalue weighted by atomic mass is 14.8. The molecule has 2 aromatic rings. The van der Waals surface area contributed by atoms with E-state index in [4.69, 9.17) is 0 Å². The monoisotopic (exact) mass is 200 g/mol. The van der Waals surface area contributed by atoms with Gasteiger partial charge in [-0.15, -0.1) is 0 Å². The smallest absolute Gasteiger partial charge is 0.0919 e. The first-order chi connectivity index (χ1) is 7.08. The molecule has 0 atom stereocenters. The summed E-state index contributed by atoms with van der Waals surface area (Å²) in [5, 5.41) is 0. The molecule has 2 heteroatoms. The molecular formula is C13H16N2. The molecule has 1 aromatic carbocycles. The summed E-state index contributed by atoms with van der Waals surface area (Å²) in [6.45, 7) is 8.47. The molecule has 0 amide bonds. The molecule has 1 heterocycles. The lowest BCUT2D eigenvalue weighted by Crippen LogP contribution is -1.94. The molecule has 1 aromatic heterocycles. The number of hydrogen-bond acceptors (Lipinski definition) is 2. The lowest BCUT2D eigenvalue weighted by molar-refractivity contribution is 0.866. The van der Waals surface area contributed by atoms with Gasteiger partial charge in [0.25, 0.3) is 0 Å². The molecule has 0 saturated heterocycles. The van der Waals surface area contributed by atoms with Gasteiger partial charge in [0.05, 0.1) is 16.7 Å². The molecule has 0 fully saturated rings. The van der Waals surface area contributed by atoms with Gasteiger partial charge in [0.1, 0.15) is 0 Å². The van der Waals surface area contributed by atoms with Gasteiger partial charge >= 0.3 is 0 Å². The zero-order valence-electron chi connectivity index (χ0n) is 9.70. The van der Waals surface area contributed by atoms with Crippen LogP contribution in [0.5, 0.6) is 0 Å². The molecule has 0 spiro atoms. The van der Waals surface area contributed by atoms with E-state index in [0.717, 1.165) is 16.7 Å². The number of benzene rings is 1. The predicted molar refractivity (Wildman–Crippen MR) is 63.1 cm³/mol. The Labute approximate surface area is 90.4 Å². The maximum absolute atomic E-state index is 4.51. The molecule has 0 radical (unpaired) electrons. The van der Waals surface area contributed by atoms with E-state index in [1.165, 1.54) is 11.1 Å². The molecule has 78 valence electrons. The Morgan fingerprint density at radius 1 is 1.13 bits per heavy atom. The Morgan fingerprint density at radius 2 is 1.87 bits per heavy atom. The Balaban J connectivity index is 2.73. The Bertz CT molecular complexity index is 501. The SMILES string of the molecule is Cc1cnc2cc(C(C)C)cc(C)c2n1. The number of nitrogens with zero attached hydrogens (tertiary/aromatic N) is 2. The van der Waals surface area contributed by atoms with Crippen LogP contribution in [0.15, 0.2) is 18.3 Å². The topological polar surface area (TPSA) is 25.8 Å². The van der Waals surface area contributed by atoms with Gasteiger partial charge in [-0.1, -0.05) is 19.9 Å². The Kier molecular flexibility index (Phi) is 2.43. The van der Waals surface area contributed by atoms with Crippen LogP contribution in [-0.2, 0) is 0 Å². The highest BCUT2D eigenvalue weighted by Crippen LogP contribution is 2.22. The molecule has 0 aliphatic rings. The molecule has 0 unspecified atom stereocenters. The third kappa shape index (κ3) is 1.84. The lowest BCUT2D eigenvalue weighted by Gasteiger charge is -2.09. The van der Waals surface area contributed by atoms with E-state index in [2.05, 4.69) is 42.9 Å². The number of fused-ring (bicyclic) bond motifs is 1. The summed E-state index contributed by atoms with van der Waals surface area (Å²) in [5.74, 6) is 0.538. The van der Waals surface area contributed by atoms with Crippen molar-refractivity contribution in [1.29, 1.82) is 0 Å². The minimum absolute atomic E-state index is 0.538. The Morgan fingerprint density at radius 3 is 2.53 bits per heavy atom. The summed E-state index contributed by atoms with van der Waals surface area (Å²) in [5.41, 5.74) is 5.55. The van der Waals surface area contributed by atoms with Crippen LogP contribution in [-0.4, -0.2) is 9.97 Å². The predicted octanol–water partition coefficient (Wildman–Crippen LogP) is 3.37. The first kappa shape index (κ1) is 10.1. The van der Waals surface area contributed by atoms with E-state index in [1.807, 2.05) is 13.1 Å². The number of hydrogen-bond donors (Lipinski definition) is 0. The largest absolute Gasteiger partial charge is 0.253 e. The van der Waals surface area contributed by atoms with Crippen molar-refractivity contribution >= 4 is 11.0 Å². The molecule has 0 N–H and O–H groups in total. The van der Waals surface area contributed by atoms with Crippen molar-refractivity contribution in [3.05, 3.63) is 35.2 Å². The number of aryl methyl sites for hydroxylation is 2. The second-order valence-corrected chi connectivity index (χ2v) is 4.37. The minimum Gasteiger partial charge on any atom is -0.253 e. The van der Waals surface area contributed by atoms with Crippen LogP contribution in [0.25, 0.3) is 11.0 Å². The number of aromatic nitrogens is 2. The van der Waals surface area contributed by atoms with Crippen LogP contribution in [0, 0.1) is 13.8 Å². The average Bonchev–Trinajstić information content (AvgIpc) is 2.18. The maximum atomic E-state index is 4.51. The van der Waals surface area contributed by atoms with Gasteiger partial charge in [-0.2, -0.15) is 0 Å². The van der Waals surface area contributed by atoms with Crippen molar-refractivity contribution in [2.75, 3.05) is 0 Å². The molecule has 2 nitrogen and oxygen atoms in total. The highest BCUT2D eigenvalue weighted by Gasteiger charge is 2.06. The van der Waals surface area contributed by atoms with Crippen molar-refractivity contribution in [2.45, 2.75) is 33.6 Å². The summed E-state index contributed by atoms with van der Waals surface area (Å²) >= 11 is 0. The summed E-state index contributed by atoms with van der Waals surface area (Å²) in [4.78, 5) is 8.94. The standard InChI is InChI=1S/C13H16N2/c1-8(2)11-5-9(3)13-12(6-11)14-7-10(4)15-13/h5-8H,1-4H3. The maximum Gasteiger partial charge on any atom is 0.0919 e. The summed E-state index contributed by atoms with van der Waals surface area (Å²) < 4.78 is 0. The van der Waals surface area contributed by atoms with Gasteiger partial charge < -0.3 is 0 Å². The van der Waals surface area contributed by atoms with Crippen molar-refractivity contribution in [2.24, 2.45) is 0 Å². The summed E-state index contributed by atoms with van der Waals surface area (Å²) in [6.07, 6.45) is 1.83. The second kappa shape index (κ2) is 3.61. The molecule has 0 bridgehead atoms. The third-order valence-corrected chi connectivity index (χ3v) is 2.65. The van der Waals surface area contributed by atoms with E-state index in [-0.39, 0.29) is 0 Å². The zero-order valence-corrected chi connectivity index (χ0v) is 9.70. The molecule has 15 heavy (non-hydrogen) atoms. The zero-order chi connectivity index (χ0) is 11.0. The van der Waals surface area contributed by atoms with Crippen LogP contribution >= 0.6 is 0 Å². The molecule has 0 aliphatic heterocycles. The second-order valence-electron chi connectivity index (χ2n) is 4.37. The summed E-state index contributed by atoms with van der Waals surface area (Å²) in [6, 6.07) is 4.35. The van der Waals surface area contributed by atoms with E-state index in [9.17, 15) is 0 Å². The van der Waals surface area contributed by atoms with Crippen LogP contribution in [0.3, 0.4) is 0 Å². The molecule has 2 rings (SSSR count). The van der Waals surface area contributed by atoms with Gasteiger partial charge in [-0.3, -0.25) is 4.98 Å². The van der Waals surface area contributed by atoms with Gasteiger partial charge in [0.15, 0.2) is 0 Å². The fourth-order valence-electron chi connectivity index (χ4n) is 1.73. The third-order valence-electron chi connectivity index (χ3n) is 2.65. The van der Waals surface area contributed by atoms with Crippen LogP contribution in [0.1, 0.15) is 36.6 Å². The normalized spacial score (nSPS) is 11.3. The minimum atomic E-state index is 0.538. The average molecular weight is 200 g/mol. The van der Waals surface area contributed by atoms with Crippen molar-refractivity contribution < 1.29 is 0 Å². The van der Waals surface area contributed by atoms with E-state index >= 15 is 0 Å². The van der Waals surface area contributed by atoms with Crippen molar-refractivity contribution in [3.63, 3.8) is 0 Å². The van der Waals surface area contributed by atoms with Gasteiger partial charge in [0.2, 0.25) is 0 Å². The first-order valence-corrected chi connectivity index (χ1v) is 5.32. The van der Waals surface area contributed by atoms with Gasteiger partial charge in [-0.25, -0.2) is 4.98 Å². The number of rotatable bonds is 1. The van der Waals surface area contributed by atoms with Crippen LogP contribution in [0.2, 0.25) is 0 Å². The molecular weight excluding hydrogens is 184 g/mol. The quantitative estimate of drug-likeness (QED) is 0.705. The van der Waals surface area contributed by atoms with E-state index < -0.39 is 0 Å². The lowest BCUT2D eigenvalue weighted by atomic mass is 10.00. The fraction of sp³-hybridized carbons (Fsp3) is 0.385. The van der Waals surface area contributed by atoms with Gasteiger partial charge in [0, 0.05) is 6.20 Å². The van der Waals surface area contributed by atoms with Crippen molar-refractivity contribution in [1.82, 2.24) is 9.97 Å². The van der Waals surface area contributed by atoms with E-state index in [1.54, 1.807) is 0 Å². The first-order valence-electron chi connectivity index (χ1n) is 5.32. The molecule has 0 saturated carbocycles. The van der Waals surface area contributed by atoms with Crippen LogP contribution in [0.4, 0.5) is 0 Å². The molecule has 0 aliphatic carbocycles. The van der Waals surface area contributed by atoms with Crippen LogP contribution < -0.4 is 0 Å². The highest BCUT2D eigenvalue weighted by molar-refractivity contribution is 5.78.